The summed E-state index contributed by atoms with van der Waals surface area (Å²) in [6.45, 7) is 6.51. The molecule has 3 heterocycles. The summed E-state index contributed by atoms with van der Waals surface area (Å²) in [4.78, 5) is 44.1. The van der Waals surface area contributed by atoms with Gasteiger partial charge < -0.3 is 15.1 Å². The van der Waals surface area contributed by atoms with Crippen molar-refractivity contribution in [1.82, 2.24) is 35.1 Å². The van der Waals surface area contributed by atoms with Gasteiger partial charge in [0, 0.05) is 68.2 Å². The Bertz CT molecular complexity index is 1200. The summed E-state index contributed by atoms with van der Waals surface area (Å²) in [5.74, 6) is 0.357. The van der Waals surface area contributed by atoms with Gasteiger partial charge in [-0.3, -0.25) is 24.2 Å². The highest BCUT2D eigenvalue weighted by Crippen LogP contribution is 2.29. The van der Waals surface area contributed by atoms with E-state index in [-0.39, 0.29) is 23.8 Å². The molecule has 0 saturated heterocycles. The fraction of sp³-hybridized carbons (Fsp3) is 0.679. The van der Waals surface area contributed by atoms with E-state index < -0.39 is 0 Å². The van der Waals surface area contributed by atoms with Crippen molar-refractivity contribution in [3.63, 3.8) is 0 Å². The van der Waals surface area contributed by atoms with E-state index in [1.165, 1.54) is 0 Å². The Kier molecular flexibility index (Phi) is 7.85. The van der Waals surface area contributed by atoms with Crippen molar-refractivity contribution >= 4 is 17.7 Å². The van der Waals surface area contributed by atoms with Gasteiger partial charge in [0.15, 0.2) is 11.4 Å². The molecule has 2 N–H and O–H groups in total. The molecule has 10 nitrogen and oxygen atoms in total. The van der Waals surface area contributed by atoms with Gasteiger partial charge in [-0.2, -0.15) is 10.2 Å². The number of amides is 3. The number of carbonyl (C=O) groups is 3. The van der Waals surface area contributed by atoms with Gasteiger partial charge in [-0.05, 0) is 63.7 Å². The van der Waals surface area contributed by atoms with Crippen LogP contribution in [0.25, 0.3) is 0 Å². The SMILES string of the molecule is CC(C)CCN1C(=O)CCCN(C(=O)c2n[nH]c3c2CCC3)CCCNC(=O)c2nn(C)c3c2CC1CC3. The summed E-state index contributed by atoms with van der Waals surface area (Å²) in [7, 11) is 1.89. The molecule has 2 bridgehead atoms. The highest BCUT2D eigenvalue weighted by Gasteiger charge is 2.33. The van der Waals surface area contributed by atoms with Crippen LogP contribution in [0.5, 0.6) is 0 Å². The lowest BCUT2D eigenvalue weighted by Crippen LogP contribution is -2.45. The van der Waals surface area contributed by atoms with Gasteiger partial charge in [-0.1, -0.05) is 13.8 Å². The molecular weight excluding hydrogens is 482 g/mol. The predicted octanol–water partition coefficient (Wildman–Crippen LogP) is 2.42. The Labute approximate surface area is 224 Å². The predicted molar refractivity (Wildman–Crippen MR) is 143 cm³/mol. The smallest absolute Gasteiger partial charge is 0.274 e. The molecule has 0 aromatic carbocycles. The van der Waals surface area contributed by atoms with Crippen LogP contribution >= 0.6 is 0 Å². The van der Waals surface area contributed by atoms with E-state index >= 15 is 0 Å². The van der Waals surface area contributed by atoms with Gasteiger partial charge in [-0.15, -0.1) is 0 Å². The van der Waals surface area contributed by atoms with Crippen LogP contribution in [0.2, 0.25) is 0 Å². The molecule has 1 aliphatic heterocycles. The molecule has 2 aliphatic carbocycles. The van der Waals surface area contributed by atoms with Gasteiger partial charge in [0.25, 0.3) is 11.8 Å². The largest absolute Gasteiger partial charge is 0.351 e. The molecule has 0 fully saturated rings. The second kappa shape index (κ2) is 11.3. The lowest BCUT2D eigenvalue weighted by Gasteiger charge is -2.35. The van der Waals surface area contributed by atoms with Crippen LogP contribution in [0.4, 0.5) is 0 Å². The number of aromatic amines is 1. The summed E-state index contributed by atoms with van der Waals surface area (Å²) in [5.41, 5.74) is 5.16. The van der Waals surface area contributed by atoms with E-state index in [1.54, 1.807) is 0 Å². The summed E-state index contributed by atoms with van der Waals surface area (Å²) in [6.07, 6.45) is 7.74. The highest BCUT2D eigenvalue weighted by atomic mass is 16.2. The van der Waals surface area contributed by atoms with Crippen LogP contribution in [0.15, 0.2) is 0 Å². The minimum Gasteiger partial charge on any atom is -0.351 e. The van der Waals surface area contributed by atoms with Crippen LogP contribution in [-0.2, 0) is 37.5 Å². The Morgan fingerprint density at radius 2 is 1.87 bits per heavy atom. The number of aryl methyl sites for hydroxylation is 2. The zero-order valence-electron chi connectivity index (χ0n) is 23.0. The number of nitrogens with one attached hydrogen (secondary N) is 2. The van der Waals surface area contributed by atoms with Crippen LogP contribution in [0.1, 0.15) is 95.9 Å². The van der Waals surface area contributed by atoms with E-state index in [2.05, 4.69) is 34.5 Å². The number of hydrogen-bond donors (Lipinski definition) is 2. The molecule has 1 atom stereocenters. The highest BCUT2D eigenvalue weighted by molar-refractivity contribution is 5.95. The fourth-order valence-electron chi connectivity index (χ4n) is 6.21. The van der Waals surface area contributed by atoms with E-state index in [0.717, 1.165) is 61.0 Å². The minimum atomic E-state index is -0.180. The van der Waals surface area contributed by atoms with Crippen molar-refractivity contribution in [3.05, 3.63) is 33.9 Å². The van der Waals surface area contributed by atoms with Crippen LogP contribution in [0, 0.1) is 5.92 Å². The van der Waals surface area contributed by atoms with Crippen molar-refractivity contribution in [1.29, 1.82) is 0 Å². The molecule has 5 rings (SSSR count). The number of aromatic nitrogens is 4. The Balaban J connectivity index is 1.39. The van der Waals surface area contributed by atoms with Crippen molar-refractivity contribution in [2.24, 2.45) is 13.0 Å². The van der Waals surface area contributed by atoms with Gasteiger partial charge in [0.2, 0.25) is 5.91 Å². The standard InChI is InChI=1S/C28H41N7O3/c1-18(2)12-16-35-19-10-11-23-21(17-19)25(32-33(23)3)27(37)29-13-6-15-34(14-5-9-24(35)36)28(38)26-20-7-4-8-22(20)30-31-26/h18-19H,4-17H2,1-3H3,(H,29,37)(H,30,31). The maximum atomic E-state index is 13.6. The first kappa shape index (κ1) is 26.4. The maximum absolute atomic E-state index is 13.6. The number of fused-ring (bicyclic) bond motifs is 2. The number of rotatable bonds is 4. The molecule has 10 heteroatoms. The summed E-state index contributed by atoms with van der Waals surface area (Å²) in [5, 5.41) is 15.0. The first-order chi connectivity index (χ1) is 18.3. The number of hydrogen-bond acceptors (Lipinski definition) is 5. The molecule has 2 aromatic heterocycles. The Hall–Kier alpha value is -3.17. The minimum absolute atomic E-state index is 0.0546. The third kappa shape index (κ3) is 5.35. The summed E-state index contributed by atoms with van der Waals surface area (Å²) < 4.78 is 1.83. The second-order valence-corrected chi connectivity index (χ2v) is 11.5. The first-order valence-electron chi connectivity index (χ1n) is 14.3. The van der Waals surface area contributed by atoms with E-state index in [0.29, 0.717) is 69.2 Å². The molecule has 206 valence electrons. The lowest BCUT2D eigenvalue weighted by atomic mass is 9.89. The fourth-order valence-corrected chi connectivity index (χ4v) is 6.21. The van der Waals surface area contributed by atoms with Crippen molar-refractivity contribution in [3.8, 4) is 0 Å². The van der Waals surface area contributed by atoms with Crippen molar-refractivity contribution < 1.29 is 14.4 Å². The normalized spacial score (nSPS) is 20.8. The average Bonchev–Trinajstić information content (AvgIpc) is 3.59. The topological polar surface area (TPSA) is 116 Å². The molecule has 1 unspecified atom stereocenters. The molecule has 38 heavy (non-hydrogen) atoms. The van der Waals surface area contributed by atoms with Crippen molar-refractivity contribution in [2.75, 3.05) is 26.2 Å². The molecule has 0 radical (unpaired) electrons. The first-order valence-corrected chi connectivity index (χ1v) is 14.3. The third-order valence-electron chi connectivity index (χ3n) is 8.36. The molecule has 2 aromatic rings. The maximum Gasteiger partial charge on any atom is 0.274 e. The van der Waals surface area contributed by atoms with E-state index in [1.807, 2.05) is 21.5 Å². The number of nitrogens with zero attached hydrogens (tertiary/aromatic N) is 5. The van der Waals surface area contributed by atoms with E-state index in [4.69, 9.17) is 0 Å². The Morgan fingerprint density at radius 1 is 1.05 bits per heavy atom. The molecule has 0 spiro atoms. The zero-order valence-corrected chi connectivity index (χ0v) is 23.0. The molecule has 3 aliphatic rings. The quantitative estimate of drug-likeness (QED) is 0.639. The second-order valence-electron chi connectivity index (χ2n) is 11.5. The Morgan fingerprint density at radius 3 is 2.68 bits per heavy atom. The molecule has 3 amide bonds. The van der Waals surface area contributed by atoms with Crippen LogP contribution in [0.3, 0.4) is 0 Å². The average molecular weight is 524 g/mol. The van der Waals surface area contributed by atoms with Gasteiger partial charge in [-0.25, -0.2) is 0 Å². The lowest BCUT2D eigenvalue weighted by molar-refractivity contribution is -0.134. The molecule has 0 saturated carbocycles. The molecular formula is C28H41N7O3. The van der Waals surface area contributed by atoms with Crippen LogP contribution in [-0.4, -0.2) is 79.7 Å². The number of H-pyrrole nitrogens is 1. The van der Waals surface area contributed by atoms with Crippen molar-refractivity contribution in [2.45, 2.75) is 84.1 Å². The zero-order chi connectivity index (χ0) is 26.8. The van der Waals surface area contributed by atoms with E-state index in [9.17, 15) is 14.4 Å². The number of carbonyl (C=O) groups excluding carboxylic acids is 3. The van der Waals surface area contributed by atoms with Gasteiger partial charge in [0.05, 0.1) is 0 Å². The van der Waals surface area contributed by atoms with Crippen LogP contribution < -0.4 is 5.32 Å². The van der Waals surface area contributed by atoms with Gasteiger partial charge in [0.1, 0.15) is 0 Å². The monoisotopic (exact) mass is 523 g/mol. The summed E-state index contributed by atoms with van der Waals surface area (Å²) in [6, 6.07) is 0.0546. The summed E-state index contributed by atoms with van der Waals surface area (Å²) >= 11 is 0. The third-order valence-corrected chi connectivity index (χ3v) is 8.36. The van der Waals surface area contributed by atoms with Gasteiger partial charge >= 0.3 is 0 Å².